The topological polar surface area (TPSA) is 71.5 Å². The molecular formula is C26H24F6N2O3. The van der Waals surface area contributed by atoms with Crippen molar-refractivity contribution in [2.45, 2.75) is 57.2 Å². The third kappa shape index (κ3) is 6.51. The lowest BCUT2D eigenvalue weighted by molar-refractivity contribution is -0.185. The molecule has 0 amide bonds. The molecule has 0 bridgehead atoms. The van der Waals surface area contributed by atoms with Crippen molar-refractivity contribution in [1.82, 2.24) is 10.3 Å². The zero-order valence-corrected chi connectivity index (χ0v) is 19.5. The van der Waals surface area contributed by atoms with Gasteiger partial charge in [-0.25, -0.2) is 9.78 Å². The first-order valence-electron chi connectivity index (χ1n) is 11.7. The number of aromatic carboxylic acids is 1. The molecule has 3 aromatic rings. The van der Waals surface area contributed by atoms with E-state index in [2.05, 4.69) is 10.3 Å². The van der Waals surface area contributed by atoms with Crippen molar-refractivity contribution in [1.29, 1.82) is 0 Å². The zero-order chi connectivity index (χ0) is 26.8. The maximum absolute atomic E-state index is 14.0. The number of pyridine rings is 1. The SMILES string of the molecule is O=C(O)c1ccc(CNCc2ccc3c(C(F)(F)F)c(O[C@H]4CC[C@@H](C(F)(F)F)CC4)ccc3c2)cn1. The molecule has 0 saturated heterocycles. The van der Waals surface area contributed by atoms with E-state index >= 15 is 0 Å². The van der Waals surface area contributed by atoms with E-state index in [4.69, 9.17) is 9.84 Å². The predicted octanol–water partition coefficient (Wildman–Crippen LogP) is 6.74. The molecule has 1 aromatic heterocycles. The Kier molecular flexibility index (Phi) is 7.63. The molecule has 0 atom stereocenters. The fraction of sp³-hybridized carbons (Fsp3) is 0.385. The van der Waals surface area contributed by atoms with Crippen molar-refractivity contribution in [2.24, 2.45) is 5.92 Å². The van der Waals surface area contributed by atoms with Crippen LogP contribution in [0.25, 0.3) is 10.8 Å². The quantitative estimate of drug-likeness (QED) is 0.334. The van der Waals surface area contributed by atoms with E-state index in [1.54, 1.807) is 18.2 Å². The standard InChI is InChI=1S/C26H24F6N2O3/c27-25(28,29)18-4-6-19(7-5-18)37-22-10-3-17-11-15(1-8-20(17)23(22)26(30,31)32)12-33-13-16-2-9-21(24(35)36)34-14-16/h1-3,8-11,14,18-19,33H,4-7,12-13H2,(H,35,36)/t18-,19+. The van der Waals surface area contributed by atoms with Gasteiger partial charge >= 0.3 is 18.3 Å². The largest absolute Gasteiger partial charge is 0.490 e. The minimum Gasteiger partial charge on any atom is -0.490 e. The normalized spacial score (nSPS) is 18.6. The Balaban J connectivity index is 1.46. The molecule has 2 N–H and O–H groups in total. The minimum atomic E-state index is -4.72. The van der Waals surface area contributed by atoms with Crippen LogP contribution < -0.4 is 10.1 Å². The number of carbonyl (C=O) groups is 1. The van der Waals surface area contributed by atoms with Crippen LogP contribution in [0.5, 0.6) is 5.75 Å². The van der Waals surface area contributed by atoms with E-state index in [1.807, 2.05) is 0 Å². The van der Waals surface area contributed by atoms with E-state index in [-0.39, 0.29) is 42.5 Å². The lowest BCUT2D eigenvalue weighted by atomic mass is 9.87. The van der Waals surface area contributed by atoms with Gasteiger partial charge in [-0.15, -0.1) is 0 Å². The number of rotatable bonds is 7. The minimum absolute atomic E-state index is 0.0403. The molecule has 198 valence electrons. The highest BCUT2D eigenvalue weighted by molar-refractivity contribution is 5.89. The summed E-state index contributed by atoms with van der Waals surface area (Å²) in [5.41, 5.74) is 0.467. The fourth-order valence-electron chi connectivity index (χ4n) is 4.55. The average Bonchev–Trinajstić information content (AvgIpc) is 2.83. The second kappa shape index (κ2) is 10.6. The van der Waals surface area contributed by atoms with E-state index in [1.165, 1.54) is 30.5 Å². The van der Waals surface area contributed by atoms with E-state index in [0.29, 0.717) is 18.5 Å². The molecule has 1 heterocycles. The molecule has 1 fully saturated rings. The third-order valence-electron chi connectivity index (χ3n) is 6.46. The summed E-state index contributed by atoms with van der Waals surface area (Å²) in [5, 5.41) is 12.3. The Morgan fingerprint density at radius 3 is 2.22 bits per heavy atom. The lowest BCUT2D eigenvalue weighted by Gasteiger charge is -2.31. The Hall–Kier alpha value is -3.34. The molecule has 1 aliphatic rings. The predicted molar refractivity (Wildman–Crippen MR) is 123 cm³/mol. The number of aromatic nitrogens is 1. The van der Waals surface area contributed by atoms with Gasteiger partial charge in [0.2, 0.25) is 0 Å². The maximum Gasteiger partial charge on any atom is 0.420 e. The Morgan fingerprint density at radius 1 is 0.946 bits per heavy atom. The number of nitrogens with one attached hydrogen (secondary N) is 1. The van der Waals surface area contributed by atoms with Gasteiger partial charge in [0.15, 0.2) is 0 Å². The van der Waals surface area contributed by atoms with Gasteiger partial charge < -0.3 is 15.2 Å². The van der Waals surface area contributed by atoms with Crippen molar-refractivity contribution in [3.8, 4) is 5.75 Å². The monoisotopic (exact) mass is 526 g/mol. The van der Waals surface area contributed by atoms with Gasteiger partial charge in [-0.2, -0.15) is 26.3 Å². The number of halogens is 6. The summed E-state index contributed by atoms with van der Waals surface area (Å²) in [6, 6.07) is 10.3. The molecule has 0 aliphatic heterocycles. The molecule has 4 rings (SSSR count). The summed E-state index contributed by atoms with van der Waals surface area (Å²) >= 11 is 0. The highest BCUT2D eigenvalue weighted by Crippen LogP contribution is 2.44. The molecule has 1 aliphatic carbocycles. The molecular weight excluding hydrogens is 502 g/mol. The van der Waals surface area contributed by atoms with Gasteiger partial charge in [-0.3, -0.25) is 0 Å². The number of carboxylic acids is 1. The Bertz CT molecular complexity index is 1250. The fourth-order valence-corrected chi connectivity index (χ4v) is 4.55. The third-order valence-corrected chi connectivity index (χ3v) is 6.46. The van der Waals surface area contributed by atoms with Gasteiger partial charge in [-0.1, -0.05) is 24.3 Å². The molecule has 11 heteroatoms. The van der Waals surface area contributed by atoms with Crippen molar-refractivity contribution in [3.63, 3.8) is 0 Å². The molecule has 5 nitrogen and oxygen atoms in total. The van der Waals surface area contributed by atoms with Crippen LogP contribution in [0.15, 0.2) is 48.7 Å². The summed E-state index contributed by atoms with van der Waals surface area (Å²) in [7, 11) is 0. The van der Waals surface area contributed by atoms with Crippen LogP contribution in [0.4, 0.5) is 26.3 Å². The highest BCUT2D eigenvalue weighted by atomic mass is 19.4. The first kappa shape index (κ1) is 26.7. The number of hydrogen-bond acceptors (Lipinski definition) is 4. The van der Waals surface area contributed by atoms with E-state index in [0.717, 1.165) is 11.1 Å². The number of alkyl halides is 6. The van der Waals surface area contributed by atoms with E-state index < -0.39 is 35.9 Å². The van der Waals surface area contributed by atoms with Gasteiger partial charge in [0.05, 0.1) is 12.0 Å². The lowest BCUT2D eigenvalue weighted by Crippen LogP contribution is -2.32. The molecule has 2 aromatic carbocycles. The first-order chi connectivity index (χ1) is 17.4. The van der Waals surface area contributed by atoms with Crippen LogP contribution in [0.3, 0.4) is 0 Å². The summed E-state index contributed by atoms with van der Waals surface area (Å²) in [5.74, 6) is -2.95. The Morgan fingerprint density at radius 2 is 1.62 bits per heavy atom. The van der Waals surface area contributed by atoms with E-state index in [9.17, 15) is 31.1 Å². The van der Waals surface area contributed by atoms with Crippen LogP contribution in [0.2, 0.25) is 0 Å². The van der Waals surface area contributed by atoms with Crippen LogP contribution >= 0.6 is 0 Å². The van der Waals surface area contributed by atoms with Gasteiger partial charge in [0, 0.05) is 19.3 Å². The van der Waals surface area contributed by atoms with Gasteiger partial charge in [0.25, 0.3) is 0 Å². The van der Waals surface area contributed by atoms with Gasteiger partial charge in [-0.05, 0) is 65.8 Å². The Labute approximate surface area is 208 Å². The average molecular weight is 526 g/mol. The van der Waals surface area contributed by atoms with Crippen LogP contribution in [0.1, 0.15) is 52.9 Å². The van der Waals surface area contributed by atoms with Crippen molar-refractivity contribution in [3.05, 3.63) is 71.0 Å². The number of nitrogens with zero attached hydrogens (tertiary/aromatic N) is 1. The maximum atomic E-state index is 14.0. The summed E-state index contributed by atoms with van der Waals surface area (Å²) in [6.07, 6.45) is -8.55. The number of benzene rings is 2. The second-order valence-electron chi connectivity index (χ2n) is 9.09. The van der Waals surface area contributed by atoms with Crippen molar-refractivity contribution in [2.75, 3.05) is 0 Å². The molecule has 37 heavy (non-hydrogen) atoms. The number of carboxylic acid groups (broad SMARTS) is 1. The molecule has 0 unspecified atom stereocenters. The molecule has 0 radical (unpaired) electrons. The smallest absolute Gasteiger partial charge is 0.420 e. The number of hydrogen-bond donors (Lipinski definition) is 2. The second-order valence-corrected chi connectivity index (χ2v) is 9.09. The summed E-state index contributed by atoms with van der Waals surface area (Å²) < 4.78 is 86.4. The van der Waals surface area contributed by atoms with Crippen molar-refractivity contribution >= 4 is 16.7 Å². The summed E-state index contributed by atoms with van der Waals surface area (Å²) in [6.45, 7) is 0.723. The number of ether oxygens (including phenoxy) is 1. The van der Waals surface area contributed by atoms with Gasteiger partial charge in [0.1, 0.15) is 17.0 Å². The van der Waals surface area contributed by atoms with Crippen molar-refractivity contribution < 1.29 is 41.0 Å². The molecule has 0 spiro atoms. The first-order valence-corrected chi connectivity index (χ1v) is 11.7. The highest BCUT2D eigenvalue weighted by Gasteiger charge is 2.42. The zero-order valence-electron chi connectivity index (χ0n) is 19.5. The summed E-state index contributed by atoms with van der Waals surface area (Å²) in [4.78, 5) is 14.7. The van der Waals surface area contributed by atoms with Crippen LogP contribution in [0, 0.1) is 5.92 Å². The number of fused-ring (bicyclic) bond motifs is 1. The van der Waals surface area contributed by atoms with Crippen LogP contribution in [-0.4, -0.2) is 28.3 Å². The van der Waals surface area contributed by atoms with Crippen LogP contribution in [-0.2, 0) is 19.3 Å². The molecule has 1 saturated carbocycles.